The average Bonchev–Trinajstić information content (AvgIpc) is 2.91. The number of para-hydroxylation sites is 2. The molecule has 0 atom stereocenters. The molecule has 0 bridgehead atoms. The summed E-state index contributed by atoms with van der Waals surface area (Å²) >= 11 is 5.97. The van der Waals surface area contributed by atoms with Crippen LogP contribution in [0, 0.1) is 0 Å². The van der Waals surface area contributed by atoms with E-state index >= 15 is 0 Å². The van der Waals surface area contributed by atoms with Crippen molar-refractivity contribution in [2.45, 2.75) is 13.5 Å². The smallest absolute Gasteiger partial charge is 0.326 e. The lowest BCUT2D eigenvalue weighted by Crippen LogP contribution is -2.22. The van der Waals surface area contributed by atoms with Crippen molar-refractivity contribution in [2.24, 2.45) is 0 Å². The highest BCUT2D eigenvalue weighted by Gasteiger charge is 2.13. The predicted octanol–water partition coefficient (Wildman–Crippen LogP) is 4.36. The fraction of sp³-hybridized carbons (Fsp3) is 0.176. The van der Waals surface area contributed by atoms with Crippen molar-refractivity contribution in [2.75, 3.05) is 17.7 Å². The van der Waals surface area contributed by atoms with E-state index in [1.165, 1.54) is 7.11 Å². The van der Waals surface area contributed by atoms with E-state index in [9.17, 15) is 4.79 Å². The Morgan fingerprint density at radius 2 is 2.04 bits per heavy atom. The van der Waals surface area contributed by atoms with Crippen molar-refractivity contribution in [1.29, 1.82) is 0 Å². The molecule has 3 rings (SSSR count). The number of methoxy groups -OCH3 is 1. The van der Waals surface area contributed by atoms with Gasteiger partial charge in [-0.15, -0.1) is 0 Å². The molecular weight excluding hydrogens is 328 g/mol. The maximum atomic E-state index is 12.3. The molecule has 24 heavy (non-hydrogen) atoms. The molecule has 7 heteroatoms. The Labute approximate surface area is 144 Å². The summed E-state index contributed by atoms with van der Waals surface area (Å²) in [6.07, 6.45) is 0. The standard InChI is InChI=1S/C17H17ClN4O2/c1-3-22-14-7-5-4-6-12(14)19-16(22)21-17(23)20-13-10-11(18)8-9-15(13)24-2/h4-10H,3H2,1-2H3,(H2,19,20,21,23). The van der Waals surface area contributed by atoms with E-state index in [0.29, 0.717) is 29.0 Å². The molecule has 0 spiro atoms. The molecule has 124 valence electrons. The zero-order chi connectivity index (χ0) is 17.1. The van der Waals surface area contributed by atoms with E-state index in [1.807, 2.05) is 35.8 Å². The van der Waals surface area contributed by atoms with Crippen LogP contribution in [0.1, 0.15) is 6.92 Å². The van der Waals surface area contributed by atoms with Gasteiger partial charge in [0, 0.05) is 11.6 Å². The van der Waals surface area contributed by atoms with Crippen LogP contribution in [0.5, 0.6) is 5.75 Å². The fourth-order valence-corrected chi connectivity index (χ4v) is 2.70. The van der Waals surface area contributed by atoms with Gasteiger partial charge >= 0.3 is 6.03 Å². The van der Waals surface area contributed by atoms with Crippen molar-refractivity contribution >= 4 is 40.3 Å². The SMILES string of the molecule is CCn1c(NC(=O)Nc2cc(Cl)ccc2OC)nc2ccccc21. The quantitative estimate of drug-likeness (QED) is 0.738. The van der Waals surface area contributed by atoms with Crippen molar-refractivity contribution in [3.8, 4) is 5.75 Å². The zero-order valence-corrected chi connectivity index (χ0v) is 14.1. The second-order valence-electron chi connectivity index (χ2n) is 5.09. The van der Waals surface area contributed by atoms with Crippen molar-refractivity contribution in [1.82, 2.24) is 9.55 Å². The van der Waals surface area contributed by atoms with Crippen molar-refractivity contribution in [3.05, 3.63) is 47.5 Å². The van der Waals surface area contributed by atoms with Crippen LogP contribution in [0.2, 0.25) is 5.02 Å². The number of amides is 2. The number of aryl methyl sites for hydroxylation is 1. The molecule has 0 unspecified atom stereocenters. The van der Waals surface area contributed by atoms with E-state index < -0.39 is 6.03 Å². The Bertz CT molecular complexity index is 891. The van der Waals surface area contributed by atoms with Gasteiger partial charge in [0.05, 0.1) is 23.8 Å². The van der Waals surface area contributed by atoms with Gasteiger partial charge in [0.2, 0.25) is 5.95 Å². The lowest BCUT2D eigenvalue weighted by molar-refractivity contribution is 0.262. The number of fused-ring (bicyclic) bond motifs is 1. The van der Waals surface area contributed by atoms with Crippen molar-refractivity contribution in [3.63, 3.8) is 0 Å². The minimum absolute atomic E-state index is 0.416. The summed E-state index contributed by atoms with van der Waals surface area (Å²) in [4.78, 5) is 16.8. The van der Waals surface area contributed by atoms with E-state index in [1.54, 1.807) is 18.2 Å². The zero-order valence-electron chi connectivity index (χ0n) is 13.3. The van der Waals surface area contributed by atoms with Gasteiger partial charge in [-0.1, -0.05) is 23.7 Å². The fourth-order valence-electron chi connectivity index (χ4n) is 2.52. The Kier molecular flexibility index (Phi) is 4.57. The van der Waals surface area contributed by atoms with E-state index in [0.717, 1.165) is 11.0 Å². The second-order valence-corrected chi connectivity index (χ2v) is 5.53. The maximum absolute atomic E-state index is 12.3. The van der Waals surface area contributed by atoms with Gasteiger partial charge in [0.15, 0.2) is 0 Å². The van der Waals surface area contributed by atoms with Crippen LogP contribution in [0.15, 0.2) is 42.5 Å². The van der Waals surface area contributed by atoms with Gasteiger partial charge in [-0.05, 0) is 37.3 Å². The Balaban J connectivity index is 1.84. The van der Waals surface area contributed by atoms with Crippen LogP contribution in [0.4, 0.5) is 16.4 Å². The summed E-state index contributed by atoms with van der Waals surface area (Å²) in [6.45, 7) is 2.69. The summed E-state index contributed by atoms with van der Waals surface area (Å²) in [5, 5.41) is 6.01. The van der Waals surface area contributed by atoms with Crippen molar-refractivity contribution < 1.29 is 9.53 Å². The third-order valence-corrected chi connectivity index (χ3v) is 3.84. The highest BCUT2D eigenvalue weighted by Crippen LogP contribution is 2.28. The molecule has 0 saturated carbocycles. The summed E-state index contributed by atoms with van der Waals surface area (Å²) in [7, 11) is 1.53. The first-order valence-electron chi connectivity index (χ1n) is 7.49. The number of benzene rings is 2. The average molecular weight is 345 g/mol. The molecule has 2 amide bonds. The number of aromatic nitrogens is 2. The summed E-state index contributed by atoms with van der Waals surface area (Å²) in [5.74, 6) is 1.01. The largest absolute Gasteiger partial charge is 0.495 e. The van der Waals surface area contributed by atoms with Gasteiger partial charge in [-0.25, -0.2) is 9.78 Å². The number of ether oxygens (including phenoxy) is 1. The minimum atomic E-state index is -0.416. The first-order valence-corrected chi connectivity index (χ1v) is 7.87. The van der Waals surface area contributed by atoms with E-state index in [2.05, 4.69) is 15.6 Å². The molecule has 3 aromatic rings. The molecule has 0 saturated heterocycles. The number of carbonyl (C=O) groups excluding carboxylic acids is 1. The third-order valence-electron chi connectivity index (χ3n) is 3.61. The van der Waals surface area contributed by atoms with Gasteiger partial charge < -0.3 is 14.6 Å². The number of hydrogen-bond donors (Lipinski definition) is 2. The molecule has 0 fully saturated rings. The predicted molar refractivity (Wildman–Crippen MR) is 96.1 cm³/mol. The van der Waals surface area contributed by atoms with Crippen LogP contribution >= 0.6 is 11.6 Å². The number of hydrogen-bond acceptors (Lipinski definition) is 3. The van der Waals surface area contributed by atoms with Crippen LogP contribution < -0.4 is 15.4 Å². The normalized spacial score (nSPS) is 10.6. The summed E-state index contributed by atoms with van der Waals surface area (Å²) < 4.78 is 7.16. The molecule has 1 aromatic heterocycles. The first kappa shape index (κ1) is 16.1. The van der Waals surface area contributed by atoms with Crippen LogP contribution in [0.25, 0.3) is 11.0 Å². The molecule has 0 aliphatic rings. The van der Waals surface area contributed by atoms with Gasteiger partial charge in [-0.3, -0.25) is 5.32 Å². The molecular formula is C17H17ClN4O2. The molecule has 0 aliphatic heterocycles. The van der Waals surface area contributed by atoms with E-state index in [-0.39, 0.29) is 0 Å². The highest BCUT2D eigenvalue weighted by molar-refractivity contribution is 6.31. The number of imidazole rings is 1. The number of rotatable bonds is 4. The number of urea groups is 1. The third kappa shape index (κ3) is 3.14. The van der Waals surface area contributed by atoms with Crippen LogP contribution in [0.3, 0.4) is 0 Å². The molecule has 0 radical (unpaired) electrons. The summed E-state index contributed by atoms with van der Waals surface area (Å²) in [6, 6.07) is 12.3. The number of carbonyl (C=O) groups is 1. The number of nitrogens with one attached hydrogen (secondary N) is 2. The topological polar surface area (TPSA) is 68.2 Å². The van der Waals surface area contributed by atoms with Gasteiger partial charge in [0.25, 0.3) is 0 Å². The number of anilines is 2. The molecule has 0 aliphatic carbocycles. The lowest BCUT2D eigenvalue weighted by atomic mass is 10.3. The minimum Gasteiger partial charge on any atom is -0.495 e. The van der Waals surface area contributed by atoms with E-state index in [4.69, 9.17) is 16.3 Å². The lowest BCUT2D eigenvalue weighted by Gasteiger charge is -2.12. The molecule has 2 N–H and O–H groups in total. The summed E-state index contributed by atoms with van der Waals surface area (Å²) in [5.41, 5.74) is 2.28. The van der Waals surface area contributed by atoms with Gasteiger partial charge in [0.1, 0.15) is 5.75 Å². The maximum Gasteiger partial charge on any atom is 0.326 e. The Hall–Kier alpha value is -2.73. The first-order chi connectivity index (χ1) is 11.6. The molecule has 2 aromatic carbocycles. The van der Waals surface area contributed by atoms with Gasteiger partial charge in [-0.2, -0.15) is 0 Å². The number of halogens is 1. The Morgan fingerprint density at radius 1 is 1.25 bits per heavy atom. The monoisotopic (exact) mass is 344 g/mol. The molecule has 6 nitrogen and oxygen atoms in total. The van der Waals surface area contributed by atoms with Crippen LogP contribution in [-0.4, -0.2) is 22.7 Å². The van der Waals surface area contributed by atoms with Crippen LogP contribution in [-0.2, 0) is 6.54 Å². The Morgan fingerprint density at radius 3 is 2.79 bits per heavy atom. The highest BCUT2D eigenvalue weighted by atomic mass is 35.5. The number of nitrogens with zero attached hydrogens (tertiary/aromatic N) is 2. The second kappa shape index (κ2) is 6.80. The molecule has 1 heterocycles.